The first-order valence-corrected chi connectivity index (χ1v) is 4.29. The molecule has 1 aromatic carbocycles. The van der Waals surface area contributed by atoms with Gasteiger partial charge >= 0.3 is 0 Å². The minimum Gasteiger partial charge on any atom is -0.396 e. The highest BCUT2D eigenvalue weighted by Crippen LogP contribution is 2.34. The van der Waals surface area contributed by atoms with Crippen molar-refractivity contribution in [3.8, 4) is 0 Å². The summed E-state index contributed by atoms with van der Waals surface area (Å²) in [6.45, 7) is 2.33. The van der Waals surface area contributed by atoms with Crippen LogP contribution in [0.15, 0.2) is 24.3 Å². The molecule has 0 saturated carbocycles. The molecule has 2 rings (SSSR count). The molecule has 2 nitrogen and oxygen atoms in total. The van der Waals surface area contributed by atoms with Crippen LogP contribution in [0.3, 0.4) is 0 Å². The number of rotatable bonds is 1. The summed E-state index contributed by atoms with van der Waals surface area (Å²) in [4.78, 5) is 0. The topological polar surface area (TPSA) is 32.3 Å². The molecule has 1 aliphatic heterocycles. The largest absolute Gasteiger partial charge is 0.396 e. The molecule has 0 amide bonds. The first-order valence-electron chi connectivity index (χ1n) is 4.29. The normalized spacial score (nSPS) is 26.5. The van der Waals surface area contributed by atoms with Crippen molar-refractivity contribution in [2.24, 2.45) is 0 Å². The predicted molar refractivity (Wildman–Crippen MR) is 49.4 cm³/mol. The fraction of sp³-hybridized carbons (Fsp3) is 0.400. The van der Waals surface area contributed by atoms with E-state index in [9.17, 15) is 0 Å². The average Bonchev–Trinajstić information content (AvgIpc) is 2.40. The lowest BCUT2D eigenvalue weighted by molar-refractivity contribution is 0.260. The molecule has 0 aliphatic carbocycles. The second-order valence-corrected chi connectivity index (χ2v) is 3.31. The van der Waals surface area contributed by atoms with Crippen LogP contribution in [0.25, 0.3) is 0 Å². The summed E-state index contributed by atoms with van der Waals surface area (Å²) in [5.74, 6) is 0.265. The zero-order chi connectivity index (χ0) is 8.55. The molecule has 2 heteroatoms. The number of nitrogens with one attached hydrogen (secondary N) is 1. The Kier molecular flexibility index (Phi) is 1.77. The minimum atomic E-state index is 0.227. The number of aliphatic hydroxyl groups excluding tert-OH is 1. The second-order valence-electron chi connectivity index (χ2n) is 3.31. The Morgan fingerprint density at radius 3 is 2.92 bits per heavy atom. The van der Waals surface area contributed by atoms with Crippen molar-refractivity contribution in [2.45, 2.75) is 18.9 Å². The van der Waals surface area contributed by atoms with Crippen LogP contribution >= 0.6 is 0 Å². The van der Waals surface area contributed by atoms with E-state index in [4.69, 9.17) is 5.11 Å². The van der Waals surface area contributed by atoms with Crippen LogP contribution < -0.4 is 5.32 Å². The highest BCUT2D eigenvalue weighted by Gasteiger charge is 2.27. The van der Waals surface area contributed by atoms with E-state index in [1.54, 1.807) is 0 Å². The van der Waals surface area contributed by atoms with Gasteiger partial charge in [0.25, 0.3) is 0 Å². The molecule has 0 bridgehead atoms. The van der Waals surface area contributed by atoms with Crippen LogP contribution in [0.2, 0.25) is 0 Å². The number of benzene rings is 1. The lowest BCUT2D eigenvalue weighted by atomic mass is 9.97. The molecule has 0 spiro atoms. The van der Waals surface area contributed by atoms with Gasteiger partial charge in [-0.2, -0.15) is 0 Å². The molecule has 64 valence electrons. The summed E-state index contributed by atoms with van der Waals surface area (Å²) < 4.78 is 0. The quantitative estimate of drug-likeness (QED) is 0.658. The van der Waals surface area contributed by atoms with Gasteiger partial charge in [0.15, 0.2) is 0 Å². The zero-order valence-corrected chi connectivity index (χ0v) is 7.12. The molecular weight excluding hydrogens is 150 g/mol. The minimum absolute atomic E-state index is 0.227. The van der Waals surface area contributed by atoms with E-state index in [1.807, 2.05) is 12.1 Å². The molecule has 1 aromatic rings. The van der Waals surface area contributed by atoms with Gasteiger partial charge in [-0.3, -0.25) is 0 Å². The van der Waals surface area contributed by atoms with Crippen LogP contribution in [0.1, 0.15) is 18.4 Å². The van der Waals surface area contributed by atoms with Gasteiger partial charge in [-0.15, -0.1) is 0 Å². The van der Waals surface area contributed by atoms with E-state index in [0.29, 0.717) is 6.04 Å². The Labute approximate surface area is 72.2 Å². The van der Waals surface area contributed by atoms with Gasteiger partial charge in [0.1, 0.15) is 0 Å². The molecule has 2 atom stereocenters. The van der Waals surface area contributed by atoms with Crippen LogP contribution in [0.5, 0.6) is 0 Å². The number of fused-ring (bicyclic) bond motifs is 1. The summed E-state index contributed by atoms with van der Waals surface area (Å²) in [6, 6.07) is 8.51. The third kappa shape index (κ3) is 0.994. The Balaban J connectivity index is 2.40. The van der Waals surface area contributed by atoms with E-state index >= 15 is 0 Å². The van der Waals surface area contributed by atoms with Crippen molar-refractivity contribution in [1.29, 1.82) is 0 Å². The molecule has 0 radical (unpaired) electrons. The van der Waals surface area contributed by atoms with Gasteiger partial charge in [-0.1, -0.05) is 18.2 Å². The molecule has 12 heavy (non-hydrogen) atoms. The number of para-hydroxylation sites is 1. The number of hydrogen-bond acceptors (Lipinski definition) is 2. The summed E-state index contributed by atoms with van der Waals surface area (Å²) in [6.07, 6.45) is 0. The molecule has 1 aliphatic rings. The summed E-state index contributed by atoms with van der Waals surface area (Å²) >= 11 is 0. The molecular formula is C10H13NO. The molecule has 0 saturated heterocycles. The lowest BCUT2D eigenvalue weighted by Gasteiger charge is -2.11. The van der Waals surface area contributed by atoms with Crippen molar-refractivity contribution in [1.82, 2.24) is 0 Å². The Bertz CT molecular complexity index is 285. The van der Waals surface area contributed by atoms with Crippen LogP contribution in [-0.2, 0) is 0 Å². The predicted octanol–water partition coefficient (Wildman–Crippen LogP) is 1.58. The smallest absolute Gasteiger partial charge is 0.0520 e. The lowest BCUT2D eigenvalue weighted by Crippen LogP contribution is -2.18. The highest BCUT2D eigenvalue weighted by molar-refractivity contribution is 5.58. The van der Waals surface area contributed by atoms with Crippen molar-refractivity contribution in [3.05, 3.63) is 29.8 Å². The van der Waals surface area contributed by atoms with Crippen molar-refractivity contribution >= 4 is 5.69 Å². The van der Waals surface area contributed by atoms with Gasteiger partial charge in [0.2, 0.25) is 0 Å². The number of hydrogen-bond donors (Lipinski definition) is 2. The summed E-state index contributed by atoms with van der Waals surface area (Å²) in [5.41, 5.74) is 2.41. The van der Waals surface area contributed by atoms with E-state index in [-0.39, 0.29) is 12.5 Å². The third-order valence-corrected chi connectivity index (χ3v) is 2.54. The number of aliphatic hydroxyl groups is 1. The number of anilines is 1. The maximum absolute atomic E-state index is 9.14. The standard InChI is InChI=1S/C10H13NO/c1-7-9(6-12)8-4-2-3-5-10(8)11-7/h2-5,7,9,11-12H,6H2,1H3. The van der Waals surface area contributed by atoms with Gasteiger partial charge in [-0.25, -0.2) is 0 Å². The Morgan fingerprint density at radius 2 is 2.17 bits per heavy atom. The fourth-order valence-corrected chi connectivity index (χ4v) is 1.82. The Morgan fingerprint density at radius 1 is 1.42 bits per heavy atom. The third-order valence-electron chi connectivity index (χ3n) is 2.54. The maximum Gasteiger partial charge on any atom is 0.0520 e. The van der Waals surface area contributed by atoms with E-state index < -0.39 is 0 Å². The SMILES string of the molecule is CC1Nc2ccccc2C1CO. The molecule has 0 fully saturated rings. The van der Waals surface area contributed by atoms with Crippen LogP contribution in [0.4, 0.5) is 5.69 Å². The zero-order valence-electron chi connectivity index (χ0n) is 7.12. The monoisotopic (exact) mass is 163 g/mol. The fourth-order valence-electron chi connectivity index (χ4n) is 1.82. The average molecular weight is 163 g/mol. The van der Waals surface area contributed by atoms with Crippen molar-refractivity contribution in [2.75, 3.05) is 11.9 Å². The van der Waals surface area contributed by atoms with Gasteiger partial charge in [0.05, 0.1) is 6.61 Å². The van der Waals surface area contributed by atoms with E-state index in [1.165, 1.54) is 11.3 Å². The van der Waals surface area contributed by atoms with E-state index in [2.05, 4.69) is 24.4 Å². The first kappa shape index (κ1) is 7.62. The van der Waals surface area contributed by atoms with Crippen molar-refractivity contribution in [3.63, 3.8) is 0 Å². The molecule has 0 aromatic heterocycles. The highest BCUT2D eigenvalue weighted by atomic mass is 16.3. The Hall–Kier alpha value is -1.02. The molecule has 2 unspecified atom stereocenters. The van der Waals surface area contributed by atoms with Crippen LogP contribution in [0, 0.1) is 0 Å². The van der Waals surface area contributed by atoms with Crippen molar-refractivity contribution < 1.29 is 5.11 Å². The second kappa shape index (κ2) is 2.79. The first-order chi connectivity index (χ1) is 5.83. The summed E-state index contributed by atoms with van der Waals surface area (Å²) in [7, 11) is 0. The van der Waals surface area contributed by atoms with Crippen LogP contribution in [-0.4, -0.2) is 17.8 Å². The van der Waals surface area contributed by atoms with E-state index in [0.717, 1.165) is 0 Å². The summed E-state index contributed by atoms with van der Waals surface area (Å²) in [5, 5.41) is 12.5. The van der Waals surface area contributed by atoms with Gasteiger partial charge < -0.3 is 10.4 Å². The molecule has 2 N–H and O–H groups in total. The maximum atomic E-state index is 9.14. The molecule has 1 heterocycles. The van der Waals surface area contributed by atoms with Gasteiger partial charge in [0, 0.05) is 17.6 Å². The van der Waals surface area contributed by atoms with Gasteiger partial charge in [-0.05, 0) is 18.6 Å².